The van der Waals surface area contributed by atoms with Gasteiger partial charge in [0, 0.05) is 35.9 Å². The molecule has 0 aromatic heterocycles. The van der Waals surface area contributed by atoms with Gasteiger partial charge in [-0.25, -0.2) is 9.18 Å². The molecule has 0 saturated carbocycles. The predicted octanol–water partition coefficient (Wildman–Crippen LogP) is 7.44. The molecule has 2 aliphatic rings. The van der Waals surface area contributed by atoms with E-state index in [0.717, 1.165) is 0 Å². The summed E-state index contributed by atoms with van der Waals surface area (Å²) in [6.07, 6.45) is -4.20. The molecule has 1 amide bonds. The molecule has 2 atom stereocenters. The Hall–Kier alpha value is -1.64. The normalized spacial score (nSPS) is 23.8. The van der Waals surface area contributed by atoms with Crippen LogP contribution in [-0.4, -0.2) is 31.0 Å². The molecular formula is C23H25Cl3F4N2O2. The summed E-state index contributed by atoms with van der Waals surface area (Å²) in [5.74, 6) is -1.64. The van der Waals surface area contributed by atoms with Gasteiger partial charge in [0.2, 0.25) is 0 Å². The third-order valence-corrected chi connectivity index (χ3v) is 7.28. The van der Waals surface area contributed by atoms with E-state index in [1.165, 1.54) is 29.2 Å². The molecule has 0 radical (unpaired) electrons. The van der Waals surface area contributed by atoms with Crippen LogP contribution >= 0.6 is 34.8 Å². The zero-order chi connectivity index (χ0) is 25.5. The highest BCUT2D eigenvalue weighted by Crippen LogP contribution is 2.56. The Morgan fingerprint density at radius 1 is 1.24 bits per heavy atom. The molecule has 188 valence electrons. The van der Waals surface area contributed by atoms with Gasteiger partial charge < -0.3 is 15.0 Å². The molecule has 4 nitrogen and oxygen atoms in total. The SMILES string of the molecule is CC(C)(C)OC(=O)NCc1ccc(N2CC[C@](C3C=C(Cl)C(Cl)=C(Cl)C3)(C(F)(F)F)C2)cc1F. The van der Waals surface area contributed by atoms with E-state index < -0.39 is 35.0 Å². The summed E-state index contributed by atoms with van der Waals surface area (Å²) < 4.78 is 62.9. The van der Waals surface area contributed by atoms with Crippen LogP contribution in [0.5, 0.6) is 0 Å². The first kappa shape index (κ1) is 27.0. The van der Waals surface area contributed by atoms with Crippen LogP contribution in [0, 0.1) is 17.2 Å². The highest BCUT2D eigenvalue weighted by Gasteiger charge is 2.62. The largest absolute Gasteiger partial charge is 0.444 e. The Bertz CT molecular complexity index is 1020. The molecule has 1 N–H and O–H groups in total. The number of carbonyl (C=O) groups is 1. The van der Waals surface area contributed by atoms with Crippen molar-refractivity contribution in [3.05, 3.63) is 50.8 Å². The van der Waals surface area contributed by atoms with Gasteiger partial charge in [-0.3, -0.25) is 0 Å². The van der Waals surface area contributed by atoms with Crippen LogP contribution < -0.4 is 10.2 Å². The smallest absolute Gasteiger partial charge is 0.407 e. The van der Waals surface area contributed by atoms with Crippen molar-refractivity contribution in [2.75, 3.05) is 18.0 Å². The third-order valence-electron chi connectivity index (χ3n) is 5.99. The minimum Gasteiger partial charge on any atom is -0.444 e. The quantitative estimate of drug-likeness (QED) is 0.401. The summed E-state index contributed by atoms with van der Waals surface area (Å²) in [6.45, 7) is 4.69. The van der Waals surface area contributed by atoms with E-state index in [9.17, 15) is 22.4 Å². The number of alkyl carbamates (subject to hydrolysis) is 1. The van der Waals surface area contributed by atoms with E-state index in [1.54, 1.807) is 20.8 Å². The van der Waals surface area contributed by atoms with E-state index >= 15 is 0 Å². The first-order chi connectivity index (χ1) is 15.6. The van der Waals surface area contributed by atoms with E-state index in [4.69, 9.17) is 39.5 Å². The lowest BCUT2D eigenvalue weighted by molar-refractivity contribution is -0.229. The Balaban J connectivity index is 1.76. The van der Waals surface area contributed by atoms with Crippen molar-refractivity contribution >= 4 is 46.6 Å². The van der Waals surface area contributed by atoms with E-state index in [2.05, 4.69) is 5.32 Å². The van der Waals surface area contributed by atoms with Crippen LogP contribution in [0.15, 0.2) is 39.4 Å². The molecule has 0 spiro atoms. The van der Waals surface area contributed by atoms with E-state index in [0.29, 0.717) is 5.69 Å². The first-order valence-corrected chi connectivity index (χ1v) is 11.7. The number of rotatable bonds is 4. The molecule has 1 aromatic rings. The molecule has 1 heterocycles. The summed E-state index contributed by atoms with van der Waals surface area (Å²) in [5, 5.41) is 2.61. The molecule has 1 aliphatic carbocycles. The number of nitrogens with zero attached hydrogens (tertiary/aromatic N) is 1. The number of alkyl halides is 3. The second-order valence-electron chi connectivity index (χ2n) is 9.50. The number of hydrogen-bond acceptors (Lipinski definition) is 3. The molecule has 0 bridgehead atoms. The van der Waals surface area contributed by atoms with Gasteiger partial charge in [0.1, 0.15) is 11.4 Å². The maximum absolute atomic E-state index is 14.7. The number of amides is 1. The van der Waals surface area contributed by atoms with Crippen LogP contribution in [0.3, 0.4) is 0 Å². The highest BCUT2D eigenvalue weighted by atomic mass is 35.5. The number of benzene rings is 1. The second kappa shape index (κ2) is 9.78. The van der Waals surface area contributed by atoms with Crippen LogP contribution in [0.2, 0.25) is 0 Å². The minimum absolute atomic E-state index is 0.00197. The fourth-order valence-electron chi connectivity index (χ4n) is 4.23. The summed E-state index contributed by atoms with van der Waals surface area (Å²) in [7, 11) is 0. The van der Waals surface area contributed by atoms with Crippen molar-refractivity contribution in [2.45, 2.75) is 51.9 Å². The summed E-state index contributed by atoms with van der Waals surface area (Å²) in [5.41, 5.74) is -2.31. The van der Waals surface area contributed by atoms with E-state index in [1.807, 2.05) is 0 Å². The number of nitrogens with one attached hydrogen (secondary N) is 1. The summed E-state index contributed by atoms with van der Waals surface area (Å²) >= 11 is 18.1. The van der Waals surface area contributed by atoms with Gasteiger partial charge in [-0.05, 0) is 51.7 Å². The predicted molar refractivity (Wildman–Crippen MR) is 126 cm³/mol. The molecule has 1 saturated heterocycles. The molecular weight excluding hydrogens is 519 g/mol. The topological polar surface area (TPSA) is 41.6 Å². The highest BCUT2D eigenvalue weighted by molar-refractivity contribution is 6.48. The molecule has 11 heteroatoms. The zero-order valence-corrected chi connectivity index (χ0v) is 21.1. The van der Waals surface area contributed by atoms with Crippen LogP contribution in [0.1, 0.15) is 39.2 Å². The Morgan fingerprint density at radius 3 is 2.47 bits per heavy atom. The van der Waals surface area contributed by atoms with Gasteiger partial charge in [0.05, 0.1) is 15.5 Å². The average Bonchev–Trinajstić information content (AvgIpc) is 3.16. The second-order valence-corrected chi connectivity index (χ2v) is 10.7. The van der Waals surface area contributed by atoms with Gasteiger partial charge in [-0.2, -0.15) is 13.2 Å². The number of anilines is 1. The molecule has 34 heavy (non-hydrogen) atoms. The molecule has 1 unspecified atom stereocenters. The average molecular weight is 544 g/mol. The third kappa shape index (κ3) is 5.77. The first-order valence-electron chi connectivity index (χ1n) is 10.6. The van der Waals surface area contributed by atoms with E-state index in [-0.39, 0.29) is 53.1 Å². The van der Waals surface area contributed by atoms with Crippen molar-refractivity contribution in [1.29, 1.82) is 0 Å². The lowest BCUT2D eigenvalue weighted by atomic mass is 9.71. The number of allylic oxidation sites excluding steroid dienone is 4. The minimum atomic E-state index is -4.54. The number of hydrogen-bond donors (Lipinski definition) is 1. The Labute approximate surface area is 210 Å². The summed E-state index contributed by atoms with van der Waals surface area (Å²) in [6, 6.07) is 4.15. The monoisotopic (exact) mass is 542 g/mol. The molecule has 1 fully saturated rings. The summed E-state index contributed by atoms with van der Waals surface area (Å²) in [4.78, 5) is 13.3. The van der Waals surface area contributed by atoms with Gasteiger partial charge in [-0.1, -0.05) is 46.9 Å². The lowest BCUT2D eigenvalue weighted by Gasteiger charge is -2.39. The molecule has 3 rings (SSSR count). The lowest BCUT2D eigenvalue weighted by Crippen LogP contribution is -2.46. The van der Waals surface area contributed by atoms with Crippen molar-refractivity contribution < 1.29 is 27.1 Å². The van der Waals surface area contributed by atoms with Gasteiger partial charge in [-0.15, -0.1) is 0 Å². The molecule has 1 aliphatic heterocycles. The number of halogens is 7. The zero-order valence-electron chi connectivity index (χ0n) is 18.8. The standard InChI is InChI=1S/C23H25Cl3F4N2O2/c1-21(2,3)34-20(33)31-11-13-4-5-15(10-18(13)27)32-7-6-22(12-32,23(28,29)30)14-8-16(24)19(26)17(25)9-14/h4-5,8,10,14H,6-7,9,11-12H2,1-3H3,(H,31,33)/t14?,22-/m0/s1. The number of carbonyl (C=O) groups excluding carboxylic acids is 1. The van der Waals surface area contributed by atoms with Gasteiger partial charge in [0.25, 0.3) is 0 Å². The van der Waals surface area contributed by atoms with Crippen molar-refractivity contribution in [1.82, 2.24) is 5.32 Å². The van der Waals surface area contributed by atoms with Crippen LogP contribution in [-0.2, 0) is 11.3 Å². The van der Waals surface area contributed by atoms with Crippen LogP contribution in [0.4, 0.5) is 28.0 Å². The Morgan fingerprint density at radius 2 is 1.91 bits per heavy atom. The maximum atomic E-state index is 14.7. The van der Waals surface area contributed by atoms with Crippen LogP contribution in [0.25, 0.3) is 0 Å². The molecule has 1 aromatic carbocycles. The Kier molecular flexibility index (Phi) is 7.76. The van der Waals surface area contributed by atoms with Gasteiger partial charge in [0.15, 0.2) is 0 Å². The number of ether oxygens (including phenoxy) is 1. The fraction of sp³-hybridized carbons (Fsp3) is 0.522. The van der Waals surface area contributed by atoms with Crippen molar-refractivity contribution in [3.8, 4) is 0 Å². The fourth-order valence-corrected chi connectivity index (χ4v) is 4.95. The maximum Gasteiger partial charge on any atom is 0.407 e. The van der Waals surface area contributed by atoms with Crippen molar-refractivity contribution in [3.63, 3.8) is 0 Å². The van der Waals surface area contributed by atoms with Crippen molar-refractivity contribution in [2.24, 2.45) is 11.3 Å². The van der Waals surface area contributed by atoms with Gasteiger partial charge >= 0.3 is 12.3 Å².